The fraction of sp³-hybridized carbons (Fsp3) is 0.417. The second kappa shape index (κ2) is 13.1. The van der Waals surface area contributed by atoms with Gasteiger partial charge in [-0.05, 0) is 37.1 Å². The first-order valence-corrected chi connectivity index (χ1v) is 13.4. The average molecular weight is 545 g/mol. The molecule has 192 valence electrons. The second-order valence-electron chi connectivity index (χ2n) is 7.66. The molecule has 11 heteroatoms. The highest BCUT2D eigenvalue weighted by Crippen LogP contribution is 2.38. The normalized spacial score (nSPS) is 13.9. The standard InChI is InChI=1S/C24H30Cl2N2O6S/c1-5-7-12-27(13-8-6-2)35(31,32)21-16-18(25)20(15-19(21)26)28-14-10-9-11-17(23(29)33-3)22(28)24(30)34-4/h9-11,14-16H,5-8,12-13H2,1-4H3. The Morgan fingerprint density at radius 1 is 0.943 bits per heavy atom. The van der Waals surface area contributed by atoms with E-state index in [0.717, 1.165) is 12.8 Å². The number of hydrogen-bond donors (Lipinski definition) is 0. The Morgan fingerprint density at radius 2 is 1.54 bits per heavy atom. The molecule has 8 nitrogen and oxygen atoms in total. The lowest BCUT2D eigenvalue weighted by Crippen LogP contribution is -2.33. The third-order valence-electron chi connectivity index (χ3n) is 5.29. The number of methoxy groups -OCH3 is 2. The molecule has 1 aliphatic heterocycles. The number of esters is 2. The molecule has 0 aromatic heterocycles. The largest absolute Gasteiger partial charge is 0.465 e. The number of allylic oxidation sites excluding steroid dienone is 2. The van der Waals surface area contributed by atoms with Gasteiger partial charge in [-0.3, -0.25) is 0 Å². The molecule has 2 rings (SSSR count). The van der Waals surface area contributed by atoms with Crippen LogP contribution in [0.5, 0.6) is 0 Å². The molecule has 1 aromatic carbocycles. The van der Waals surface area contributed by atoms with E-state index in [1.807, 2.05) is 13.8 Å². The number of unbranched alkanes of at least 4 members (excludes halogenated alkanes) is 2. The fourth-order valence-corrected chi connectivity index (χ4v) is 5.77. The van der Waals surface area contributed by atoms with E-state index >= 15 is 0 Å². The van der Waals surface area contributed by atoms with Crippen LogP contribution in [0, 0.1) is 0 Å². The van der Waals surface area contributed by atoms with E-state index in [1.54, 1.807) is 12.2 Å². The molecule has 1 aromatic rings. The van der Waals surface area contributed by atoms with E-state index < -0.39 is 22.0 Å². The molecule has 0 bridgehead atoms. The predicted octanol–water partition coefficient (Wildman–Crippen LogP) is 5.07. The van der Waals surface area contributed by atoms with Crippen LogP contribution in [0.25, 0.3) is 0 Å². The van der Waals surface area contributed by atoms with E-state index in [-0.39, 0.29) is 31.9 Å². The van der Waals surface area contributed by atoms with Crippen molar-refractivity contribution in [2.75, 3.05) is 32.2 Å². The Bertz CT molecular complexity index is 1140. The van der Waals surface area contributed by atoms with Gasteiger partial charge in [0.05, 0.1) is 35.5 Å². The van der Waals surface area contributed by atoms with E-state index in [9.17, 15) is 18.0 Å². The van der Waals surface area contributed by atoms with Crippen molar-refractivity contribution < 1.29 is 27.5 Å². The lowest BCUT2D eigenvalue weighted by Gasteiger charge is -2.26. The van der Waals surface area contributed by atoms with Crippen LogP contribution in [0.2, 0.25) is 10.0 Å². The quantitative estimate of drug-likeness (QED) is 0.358. The summed E-state index contributed by atoms with van der Waals surface area (Å²) in [5.74, 6) is -1.59. The van der Waals surface area contributed by atoms with Crippen molar-refractivity contribution in [3.8, 4) is 0 Å². The van der Waals surface area contributed by atoms with Crippen molar-refractivity contribution in [3.63, 3.8) is 0 Å². The Kier molecular flexibility index (Phi) is 10.8. The minimum Gasteiger partial charge on any atom is -0.465 e. The topological polar surface area (TPSA) is 93.2 Å². The first kappa shape index (κ1) is 28.9. The smallest absolute Gasteiger partial charge is 0.355 e. The number of nitrogens with zero attached hydrogens (tertiary/aromatic N) is 2. The summed E-state index contributed by atoms with van der Waals surface area (Å²) in [4.78, 5) is 26.2. The minimum absolute atomic E-state index is 0.0103. The zero-order valence-electron chi connectivity index (χ0n) is 20.2. The highest BCUT2D eigenvalue weighted by molar-refractivity contribution is 7.89. The van der Waals surface area contributed by atoms with Crippen molar-refractivity contribution in [2.45, 2.75) is 44.4 Å². The van der Waals surface area contributed by atoms with Crippen LogP contribution < -0.4 is 4.90 Å². The summed E-state index contributed by atoms with van der Waals surface area (Å²) in [6.07, 6.45) is 9.11. The molecule has 1 aliphatic rings. The Labute approximate surface area is 216 Å². The van der Waals surface area contributed by atoms with Gasteiger partial charge in [0.2, 0.25) is 10.0 Å². The van der Waals surface area contributed by atoms with Crippen molar-refractivity contribution in [1.29, 1.82) is 0 Å². The minimum atomic E-state index is -3.93. The van der Waals surface area contributed by atoms with Gasteiger partial charge >= 0.3 is 11.9 Å². The maximum Gasteiger partial charge on any atom is 0.355 e. The third kappa shape index (κ3) is 6.67. The Hall–Kier alpha value is -2.33. The SMILES string of the molecule is CCCCN(CCCC)S(=O)(=O)c1cc(Cl)c(N2C=CC=CC(C(=O)OC)=C2C(=O)OC)cc1Cl. The number of carbonyl (C=O) groups excluding carboxylic acids is 2. The number of ether oxygens (including phenoxy) is 2. The summed E-state index contributed by atoms with van der Waals surface area (Å²) in [6, 6.07) is 2.61. The molecule has 0 fully saturated rings. The molecule has 0 saturated carbocycles. The second-order valence-corrected chi connectivity index (χ2v) is 10.4. The summed E-state index contributed by atoms with van der Waals surface area (Å²) in [5.41, 5.74) is -0.0463. The monoisotopic (exact) mass is 544 g/mol. The summed E-state index contributed by atoms with van der Waals surface area (Å²) >= 11 is 13.0. The predicted molar refractivity (Wildman–Crippen MR) is 137 cm³/mol. The fourth-order valence-electron chi connectivity index (χ4n) is 3.41. The highest BCUT2D eigenvalue weighted by atomic mass is 35.5. The molecular weight excluding hydrogens is 515 g/mol. The Balaban J connectivity index is 2.64. The lowest BCUT2D eigenvalue weighted by molar-refractivity contribution is -0.139. The van der Waals surface area contributed by atoms with Gasteiger partial charge in [0.1, 0.15) is 10.6 Å². The van der Waals surface area contributed by atoms with Crippen LogP contribution in [0.1, 0.15) is 39.5 Å². The Morgan fingerprint density at radius 3 is 2.09 bits per heavy atom. The highest BCUT2D eigenvalue weighted by Gasteiger charge is 2.31. The summed E-state index contributed by atoms with van der Waals surface area (Å²) in [7, 11) is -1.57. The van der Waals surface area contributed by atoms with Crippen molar-refractivity contribution in [1.82, 2.24) is 4.31 Å². The molecule has 0 atom stereocenters. The average Bonchev–Trinajstić information content (AvgIpc) is 3.07. The zero-order valence-corrected chi connectivity index (χ0v) is 22.5. The van der Waals surface area contributed by atoms with Gasteiger partial charge in [0.25, 0.3) is 0 Å². The van der Waals surface area contributed by atoms with Gasteiger partial charge in [-0.1, -0.05) is 56.0 Å². The third-order valence-corrected chi connectivity index (χ3v) is 7.96. The molecule has 0 spiro atoms. The summed E-state index contributed by atoms with van der Waals surface area (Å²) < 4.78 is 38.0. The number of hydrogen-bond acceptors (Lipinski definition) is 7. The van der Waals surface area contributed by atoms with E-state index in [1.165, 1.54) is 47.8 Å². The molecular formula is C24H30Cl2N2O6S. The lowest BCUT2D eigenvalue weighted by atomic mass is 10.1. The molecule has 0 N–H and O–H groups in total. The van der Waals surface area contributed by atoms with Crippen LogP contribution in [0.15, 0.2) is 52.7 Å². The number of benzene rings is 1. The van der Waals surface area contributed by atoms with Crippen LogP contribution in [-0.2, 0) is 29.1 Å². The molecule has 35 heavy (non-hydrogen) atoms. The van der Waals surface area contributed by atoms with Gasteiger partial charge < -0.3 is 14.4 Å². The van der Waals surface area contributed by atoms with E-state index in [0.29, 0.717) is 25.9 Å². The molecule has 0 radical (unpaired) electrons. The first-order valence-electron chi connectivity index (χ1n) is 11.2. The molecule has 1 heterocycles. The number of halogens is 2. The van der Waals surface area contributed by atoms with Gasteiger partial charge in [-0.25, -0.2) is 18.0 Å². The van der Waals surface area contributed by atoms with E-state index in [2.05, 4.69) is 0 Å². The van der Waals surface area contributed by atoms with Crippen molar-refractivity contribution >= 4 is 50.9 Å². The van der Waals surface area contributed by atoms with E-state index in [4.69, 9.17) is 32.7 Å². The molecule has 0 unspecified atom stereocenters. The van der Waals surface area contributed by atoms with Crippen LogP contribution in [0.3, 0.4) is 0 Å². The van der Waals surface area contributed by atoms with Crippen LogP contribution in [-0.4, -0.2) is 52.0 Å². The van der Waals surface area contributed by atoms with Crippen molar-refractivity contribution in [2.24, 2.45) is 0 Å². The van der Waals surface area contributed by atoms with Gasteiger partial charge in [-0.15, -0.1) is 0 Å². The van der Waals surface area contributed by atoms with Crippen molar-refractivity contribution in [3.05, 3.63) is 57.9 Å². The number of sulfonamides is 1. The summed E-state index contributed by atoms with van der Waals surface area (Å²) in [6.45, 7) is 4.71. The summed E-state index contributed by atoms with van der Waals surface area (Å²) in [5, 5.41) is -0.0621. The number of rotatable bonds is 11. The first-order chi connectivity index (χ1) is 16.6. The molecule has 0 aliphatic carbocycles. The number of anilines is 1. The van der Waals surface area contributed by atoms with Crippen LogP contribution >= 0.6 is 23.2 Å². The molecule has 0 saturated heterocycles. The van der Waals surface area contributed by atoms with Gasteiger partial charge in [0, 0.05) is 19.3 Å². The maximum atomic E-state index is 13.5. The van der Waals surface area contributed by atoms with Gasteiger partial charge in [0.15, 0.2) is 0 Å². The number of carbonyl (C=O) groups is 2. The van der Waals surface area contributed by atoms with Gasteiger partial charge in [-0.2, -0.15) is 4.31 Å². The van der Waals surface area contributed by atoms with Crippen LogP contribution in [0.4, 0.5) is 5.69 Å². The zero-order chi connectivity index (χ0) is 26.2. The maximum absolute atomic E-state index is 13.5. The molecule has 0 amide bonds.